The van der Waals surface area contributed by atoms with E-state index in [2.05, 4.69) is 49.8 Å². The van der Waals surface area contributed by atoms with Gasteiger partial charge >= 0.3 is 0 Å². The van der Waals surface area contributed by atoms with E-state index >= 15 is 0 Å². The van der Waals surface area contributed by atoms with Gasteiger partial charge < -0.3 is 20.5 Å². The molecule has 6 heteroatoms. The van der Waals surface area contributed by atoms with Crippen LogP contribution in [-0.4, -0.2) is 38.6 Å². The predicted octanol–water partition coefficient (Wildman–Crippen LogP) is 3.28. The quantitative estimate of drug-likeness (QED) is 0.463. The Morgan fingerprint density at radius 3 is 2.59 bits per heavy atom. The van der Waals surface area contributed by atoms with E-state index < -0.39 is 0 Å². The first-order valence-electron chi connectivity index (χ1n) is 9.03. The lowest BCUT2D eigenvalue weighted by molar-refractivity contribution is 0.629. The Morgan fingerprint density at radius 2 is 1.89 bits per heavy atom. The number of anilines is 1. The zero-order chi connectivity index (χ0) is 19.2. The van der Waals surface area contributed by atoms with Crippen LogP contribution >= 0.6 is 0 Å². The molecule has 27 heavy (non-hydrogen) atoms. The van der Waals surface area contributed by atoms with Crippen LogP contribution in [-0.2, 0) is 13.0 Å². The van der Waals surface area contributed by atoms with Gasteiger partial charge in [0.15, 0.2) is 5.96 Å². The number of H-pyrrole nitrogens is 1. The first-order chi connectivity index (χ1) is 13.1. The van der Waals surface area contributed by atoms with Gasteiger partial charge in [0, 0.05) is 57.0 Å². The van der Waals surface area contributed by atoms with Crippen LogP contribution in [0, 0.1) is 5.82 Å². The SMILES string of the molecule is CN=C(NCCc1c[nH]c2cc(F)ccc12)NCc1ccc(N(C)C)cc1. The summed E-state index contributed by atoms with van der Waals surface area (Å²) in [6.45, 7) is 1.45. The van der Waals surface area contributed by atoms with Crippen molar-refractivity contribution >= 4 is 22.5 Å². The predicted molar refractivity (Wildman–Crippen MR) is 111 cm³/mol. The van der Waals surface area contributed by atoms with Crippen molar-refractivity contribution < 1.29 is 4.39 Å². The number of nitrogens with one attached hydrogen (secondary N) is 3. The lowest BCUT2D eigenvalue weighted by Crippen LogP contribution is -2.37. The summed E-state index contributed by atoms with van der Waals surface area (Å²) in [5.74, 6) is 0.537. The van der Waals surface area contributed by atoms with E-state index in [9.17, 15) is 4.39 Å². The van der Waals surface area contributed by atoms with Crippen LogP contribution in [0.25, 0.3) is 10.9 Å². The van der Waals surface area contributed by atoms with Gasteiger partial charge in [-0.1, -0.05) is 12.1 Å². The van der Waals surface area contributed by atoms with Crippen LogP contribution < -0.4 is 15.5 Å². The summed E-state index contributed by atoms with van der Waals surface area (Å²) in [5, 5.41) is 7.71. The summed E-state index contributed by atoms with van der Waals surface area (Å²) >= 11 is 0. The van der Waals surface area contributed by atoms with E-state index in [1.54, 1.807) is 7.05 Å². The molecule has 1 heterocycles. The van der Waals surface area contributed by atoms with Crippen molar-refractivity contribution in [2.45, 2.75) is 13.0 Å². The summed E-state index contributed by atoms with van der Waals surface area (Å²) in [5.41, 5.74) is 4.36. The lowest BCUT2D eigenvalue weighted by atomic mass is 10.1. The highest BCUT2D eigenvalue weighted by Gasteiger charge is 2.05. The van der Waals surface area contributed by atoms with Gasteiger partial charge in [-0.3, -0.25) is 4.99 Å². The van der Waals surface area contributed by atoms with Gasteiger partial charge in [0.25, 0.3) is 0 Å². The van der Waals surface area contributed by atoms with Crippen molar-refractivity contribution in [3.05, 3.63) is 65.6 Å². The molecule has 0 unspecified atom stereocenters. The molecule has 5 nitrogen and oxygen atoms in total. The average Bonchev–Trinajstić information content (AvgIpc) is 3.06. The molecule has 0 aliphatic carbocycles. The van der Waals surface area contributed by atoms with Crippen LogP contribution in [0.2, 0.25) is 0 Å². The van der Waals surface area contributed by atoms with Gasteiger partial charge in [0.2, 0.25) is 0 Å². The smallest absolute Gasteiger partial charge is 0.191 e. The summed E-state index contributed by atoms with van der Waals surface area (Å²) in [6.07, 6.45) is 2.76. The summed E-state index contributed by atoms with van der Waals surface area (Å²) in [4.78, 5) is 9.47. The Balaban J connectivity index is 1.50. The fraction of sp³-hybridized carbons (Fsp3) is 0.286. The van der Waals surface area contributed by atoms with Gasteiger partial charge in [-0.05, 0) is 47.9 Å². The molecule has 0 atom stereocenters. The zero-order valence-corrected chi connectivity index (χ0v) is 16.0. The van der Waals surface area contributed by atoms with Crippen LogP contribution in [0.3, 0.4) is 0 Å². The second-order valence-electron chi connectivity index (χ2n) is 6.67. The van der Waals surface area contributed by atoms with Gasteiger partial charge in [-0.2, -0.15) is 0 Å². The van der Waals surface area contributed by atoms with Crippen LogP contribution in [0.15, 0.2) is 53.7 Å². The standard InChI is InChI=1S/C21H26FN5/c1-23-21(26-13-15-4-7-18(8-5-15)27(2)3)24-11-10-16-14-25-20-12-17(22)6-9-19(16)20/h4-9,12,14,25H,10-11,13H2,1-3H3,(H2,23,24,26). The fourth-order valence-corrected chi connectivity index (χ4v) is 3.00. The van der Waals surface area contributed by atoms with Gasteiger partial charge in [-0.25, -0.2) is 4.39 Å². The van der Waals surface area contributed by atoms with E-state index in [0.29, 0.717) is 6.54 Å². The lowest BCUT2D eigenvalue weighted by Gasteiger charge is -2.14. The van der Waals surface area contributed by atoms with Crippen LogP contribution in [0.4, 0.5) is 10.1 Å². The molecule has 3 rings (SSSR count). The number of hydrogen-bond acceptors (Lipinski definition) is 2. The summed E-state index contributed by atoms with van der Waals surface area (Å²) in [7, 11) is 5.82. The van der Waals surface area contributed by atoms with E-state index in [-0.39, 0.29) is 5.82 Å². The highest BCUT2D eigenvalue weighted by molar-refractivity contribution is 5.83. The second-order valence-corrected chi connectivity index (χ2v) is 6.67. The number of aliphatic imine (C=N–C) groups is 1. The number of nitrogens with zero attached hydrogens (tertiary/aromatic N) is 2. The molecular formula is C21H26FN5. The minimum atomic E-state index is -0.225. The molecule has 0 saturated heterocycles. The molecule has 3 aromatic rings. The highest BCUT2D eigenvalue weighted by atomic mass is 19.1. The minimum absolute atomic E-state index is 0.225. The van der Waals surface area contributed by atoms with Gasteiger partial charge in [0.1, 0.15) is 5.82 Å². The normalized spacial score (nSPS) is 11.6. The molecule has 2 aromatic carbocycles. The maximum atomic E-state index is 13.3. The number of aromatic amines is 1. The van der Waals surface area contributed by atoms with Gasteiger partial charge in [0.05, 0.1) is 0 Å². The fourth-order valence-electron chi connectivity index (χ4n) is 3.00. The number of aromatic nitrogens is 1. The van der Waals surface area contributed by atoms with Crippen molar-refractivity contribution in [3.63, 3.8) is 0 Å². The molecule has 0 amide bonds. The molecule has 0 spiro atoms. The molecule has 0 saturated carbocycles. The summed E-state index contributed by atoms with van der Waals surface area (Å²) in [6, 6.07) is 13.3. The number of benzene rings is 2. The van der Waals surface area contributed by atoms with Gasteiger partial charge in [-0.15, -0.1) is 0 Å². The number of fused-ring (bicyclic) bond motifs is 1. The van der Waals surface area contributed by atoms with Crippen molar-refractivity contribution in [1.82, 2.24) is 15.6 Å². The Morgan fingerprint density at radius 1 is 1.11 bits per heavy atom. The third-order valence-electron chi connectivity index (χ3n) is 4.55. The Labute approximate surface area is 159 Å². The molecule has 0 fully saturated rings. The van der Waals surface area contributed by atoms with Crippen molar-refractivity contribution in [2.75, 3.05) is 32.6 Å². The molecule has 0 bridgehead atoms. The first-order valence-corrected chi connectivity index (χ1v) is 9.03. The monoisotopic (exact) mass is 367 g/mol. The van der Waals surface area contributed by atoms with Crippen molar-refractivity contribution in [2.24, 2.45) is 4.99 Å². The molecule has 0 radical (unpaired) electrons. The first kappa shape index (κ1) is 18.8. The summed E-state index contributed by atoms with van der Waals surface area (Å²) < 4.78 is 13.3. The maximum absolute atomic E-state index is 13.3. The minimum Gasteiger partial charge on any atom is -0.378 e. The van der Waals surface area contributed by atoms with E-state index in [1.165, 1.54) is 23.4 Å². The molecular weight excluding hydrogens is 341 g/mol. The van der Waals surface area contributed by atoms with Crippen LogP contribution in [0.1, 0.15) is 11.1 Å². The number of guanidine groups is 1. The number of halogens is 1. The third-order valence-corrected chi connectivity index (χ3v) is 4.55. The van der Waals surface area contributed by atoms with E-state index in [0.717, 1.165) is 35.4 Å². The average molecular weight is 367 g/mol. The molecule has 142 valence electrons. The highest BCUT2D eigenvalue weighted by Crippen LogP contribution is 2.19. The van der Waals surface area contributed by atoms with E-state index in [4.69, 9.17) is 0 Å². The Bertz CT molecular complexity index is 912. The number of hydrogen-bond donors (Lipinski definition) is 3. The molecule has 0 aliphatic heterocycles. The molecule has 3 N–H and O–H groups in total. The Kier molecular flexibility index (Phi) is 5.96. The Hall–Kier alpha value is -3.02. The van der Waals surface area contributed by atoms with Crippen LogP contribution in [0.5, 0.6) is 0 Å². The van der Waals surface area contributed by atoms with E-state index in [1.807, 2.05) is 26.4 Å². The topological polar surface area (TPSA) is 55.5 Å². The van der Waals surface area contributed by atoms with Crippen molar-refractivity contribution in [3.8, 4) is 0 Å². The van der Waals surface area contributed by atoms with Crippen molar-refractivity contribution in [1.29, 1.82) is 0 Å². The number of rotatable bonds is 6. The molecule has 1 aromatic heterocycles. The third kappa shape index (κ3) is 4.78. The maximum Gasteiger partial charge on any atom is 0.191 e. The molecule has 0 aliphatic rings. The zero-order valence-electron chi connectivity index (χ0n) is 16.0. The second kappa shape index (κ2) is 8.58. The largest absolute Gasteiger partial charge is 0.378 e.